The molecule has 102 valence electrons. The Hall–Kier alpha value is -1.77. The number of aliphatic hydroxyl groups excluding tert-OH is 2. The summed E-state index contributed by atoms with van der Waals surface area (Å²) in [5, 5.41) is 23.3. The molecular weight excluding hydrogens is 252 g/mol. The lowest BCUT2D eigenvalue weighted by atomic mass is 9.99. The molecule has 0 spiro atoms. The molecule has 19 heavy (non-hydrogen) atoms. The molecule has 1 aliphatic heterocycles. The van der Waals surface area contributed by atoms with Crippen LogP contribution in [-0.2, 0) is 4.74 Å². The number of aromatic nitrogens is 4. The SMILES string of the molecule is C[C@]1(CO)O[C@@H](c2cnc3c(=O)[nH]cnn23)C[C@@H]1O. The van der Waals surface area contributed by atoms with Crippen LogP contribution >= 0.6 is 0 Å². The van der Waals surface area contributed by atoms with E-state index in [1.807, 2.05) is 0 Å². The van der Waals surface area contributed by atoms with Crippen LogP contribution in [0.4, 0.5) is 0 Å². The number of nitrogens with one attached hydrogen (secondary N) is 1. The molecular formula is C11H14N4O4. The summed E-state index contributed by atoms with van der Waals surface area (Å²) >= 11 is 0. The third-order valence-corrected chi connectivity index (χ3v) is 3.53. The number of nitrogens with zero attached hydrogens (tertiary/aromatic N) is 3. The molecule has 0 aromatic carbocycles. The topological polar surface area (TPSA) is 113 Å². The molecule has 2 aromatic rings. The minimum atomic E-state index is -1.00. The molecule has 2 aromatic heterocycles. The molecule has 8 heteroatoms. The first-order chi connectivity index (χ1) is 9.05. The van der Waals surface area contributed by atoms with E-state index in [0.29, 0.717) is 12.1 Å². The van der Waals surface area contributed by atoms with Crippen molar-refractivity contribution in [2.24, 2.45) is 0 Å². The van der Waals surface area contributed by atoms with Gasteiger partial charge in [-0.05, 0) is 6.92 Å². The van der Waals surface area contributed by atoms with Crippen LogP contribution in [-0.4, -0.2) is 48.1 Å². The van der Waals surface area contributed by atoms with E-state index in [1.54, 1.807) is 6.92 Å². The van der Waals surface area contributed by atoms with Gasteiger partial charge in [-0.2, -0.15) is 5.10 Å². The summed E-state index contributed by atoms with van der Waals surface area (Å²) in [4.78, 5) is 18.0. The van der Waals surface area contributed by atoms with Crippen molar-refractivity contribution in [1.29, 1.82) is 0 Å². The van der Waals surface area contributed by atoms with Crippen molar-refractivity contribution >= 4 is 5.65 Å². The van der Waals surface area contributed by atoms with E-state index in [2.05, 4.69) is 15.1 Å². The predicted molar refractivity (Wildman–Crippen MR) is 63.5 cm³/mol. The van der Waals surface area contributed by atoms with E-state index in [9.17, 15) is 15.0 Å². The van der Waals surface area contributed by atoms with Crippen molar-refractivity contribution in [3.05, 3.63) is 28.6 Å². The minimum Gasteiger partial charge on any atom is -0.393 e. The first kappa shape index (κ1) is 12.3. The highest BCUT2D eigenvalue weighted by molar-refractivity contribution is 5.36. The fraction of sp³-hybridized carbons (Fsp3) is 0.545. The summed E-state index contributed by atoms with van der Waals surface area (Å²) in [6.07, 6.45) is 1.85. The maximum atomic E-state index is 11.5. The summed E-state index contributed by atoms with van der Waals surface area (Å²) in [7, 11) is 0. The highest BCUT2D eigenvalue weighted by Crippen LogP contribution is 2.39. The first-order valence-electron chi connectivity index (χ1n) is 5.93. The van der Waals surface area contributed by atoms with Gasteiger partial charge in [0.15, 0.2) is 0 Å². The number of hydrogen-bond acceptors (Lipinski definition) is 6. The third kappa shape index (κ3) is 1.76. The lowest BCUT2D eigenvalue weighted by molar-refractivity contribution is -0.100. The van der Waals surface area contributed by atoms with Gasteiger partial charge in [-0.15, -0.1) is 0 Å². The van der Waals surface area contributed by atoms with E-state index in [1.165, 1.54) is 17.0 Å². The lowest BCUT2D eigenvalue weighted by Crippen LogP contribution is -2.39. The lowest BCUT2D eigenvalue weighted by Gasteiger charge is -2.24. The molecule has 1 saturated heterocycles. The maximum absolute atomic E-state index is 11.5. The summed E-state index contributed by atoms with van der Waals surface area (Å²) in [6.45, 7) is 1.36. The van der Waals surface area contributed by atoms with Crippen molar-refractivity contribution in [1.82, 2.24) is 19.6 Å². The van der Waals surface area contributed by atoms with Gasteiger partial charge in [0.05, 0.1) is 24.6 Å². The molecule has 3 heterocycles. The molecule has 0 radical (unpaired) electrons. The Kier molecular flexibility index (Phi) is 2.66. The average Bonchev–Trinajstić information content (AvgIpc) is 2.94. The molecule has 0 unspecified atom stereocenters. The van der Waals surface area contributed by atoms with Crippen LogP contribution in [0.3, 0.4) is 0 Å². The van der Waals surface area contributed by atoms with Crippen LogP contribution in [0.15, 0.2) is 17.3 Å². The van der Waals surface area contributed by atoms with Crippen LogP contribution in [0, 0.1) is 0 Å². The van der Waals surface area contributed by atoms with Gasteiger partial charge in [0.2, 0.25) is 5.65 Å². The van der Waals surface area contributed by atoms with Crippen molar-refractivity contribution in [2.75, 3.05) is 6.61 Å². The molecule has 1 aliphatic rings. The van der Waals surface area contributed by atoms with Crippen LogP contribution in [0.1, 0.15) is 25.1 Å². The van der Waals surface area contributed by atoms with Gasteiger partial charge in [-0.3, -0.25) is 4.79 Å². The molecule has 3 atom stereocenters. The molecule has 8 nitrogen and oxygen atoms in total. The zero-order chi connectivity index (χ0) is 13.6. The quantitative estimate of drug-likeness (QED) is 0.642. The number of fused-ring (bicyclic) bond motifs is 1. The van der Waals surface area contributed by atoms with E-state index in [4.69, 9.17) is 4.74 Å². The highest BCUT2D eigenvalue weighted by Gasteiger charge is 2.45. The van der Waals surface area contributed by atoms with Gasteiger partial charge in [0, 0.05) is 6.42 Å². The summed E-state index contributed by atoms with van der Waals surface area (Å²) in [5.74, 6) is 0. The molecule has 0 bridgehead atoms. The Bertz CT molecular complexity index is 666. The third-order valence-electron chi connectivity index (χ3n) is 3.53. The van der Waals surface area contributed by atoms with Crippen LogP contribution in [0.5, 0.6) is 0 Å². The second kappa shape index (κ2) is 4.12. The normalized spacial score (nSPS) is 31.1. The number of ether oxygens (including phenoxy) is 1. The second-order valence-corrected chi connectivity index (χ2v) is 4.87. The molecule has 0 aliphatic carbocycles. The van der Waals surface area contributed by atoms with Crippen molar-refractivity contribution in [3.63, 3.8) is 0 Å². The smallest absolute Gasteiger partial charge is 0.294 e. The van der Waals surface area contributed by atoms with E-state index < -0.39 is 17.8 Å². The molecule has 1 fully saturated rings. The highest BCUT2D eigenvalue weighted by atomic mass is 16.5. The number of H-pyrrole nitrogens is 1. The summed E-state index contributed by atoms with van der Waals surface area (Å²) < 4.78 is 7.08. The van der Waals surface area contributed by atoms with E-state index in [0.717, 1.165) is 0 Å². The van der Waals surface area contributed by atoms with Gasteiger partial charge in [0.25, 0.3) is 5.56 Å². The Morgan fingerprint density at radius 2 is 2.47 bits per heavy atom. The van der Waals surface area contributed by atoms with Gasteiger partial charge in [0.1, 0.15) is 18.0 Å². The van der Waals surface area contributed by atoms with Crippen LogP contribution in [0.2, 0.25) is 0 Å². The van der Waals surface area contributed by atoms with Crippen molar-refractivity contribution in [2.45, 2.75) is 31.2 Å². The fourth-order valence-corrected chi connectivity index (χ4v) is 2.29. The van der Waals surface area contributed by atoms with Crippen LogP contribution in [0.25, 0.3) is 5.65 Å². The predicted octanol–water partition coefficient (Wildman–Crippen LogP) is -1.01. The van der Waals surface area contributed by atoms with Gasteiger partial charge >= 0.3 is 0 Å². The fourth-order valence-electron chi connectivity index (χ4n) is 2.29. The average molecular weight is 266 g/mol. The van der Waals surface area contributed by atoms with Gasteiger partial charge in [-0.1, -0.05) is 0 Å². The van der Waals surface area contributed by atoms with Gasteiger partial charge < -0.3 is 19.9 Å². The number of aliphatic hydroxyl groups is 2. The molecule has 3 rings (SSSR count). The molecule has 3 N–H and O–H groups in total. The monoisotopic (exact) mass is 266 g/mol. The number of aromatic amines is 1. The zero-order valence-electron chi connectivity index (χ0n) is 10.3. The van der Waals surface area contributed by atoms with Crippen LogP contribution < -0.4 is 5.56 Å². The summed E-state index contributed by atoms with van der Waals surface area (Å²) in [5.41, 5.74) is -0.592. The van der Waals surface area contributed by atoms with E-state index >= 15 is 0 Å². The standard InChI is InChI=1S/C11H14N4O4/c1-11(4-16)8(17)2-7(19-11)6-3-12-9-10(18)13-5-14-15(6)9/h3,5,7-8,16-17H,2,4H2,1H3,(H,13,14,18)/t7-,8+,11-/m1/s1. The van der Waals surface area contributed by atoms with Gasteiger partial charge in [-0.25, -0.2) is 9.50 Å². The Balaban J connectivity index is 2.03. The van der Waals surface area contributed by atoms with E-state index in [-0.39, 0.29) is 17.8 Å². The van der Waals surface area contributed by atoms with Crippen molar-refractivity contribution < 1.29 is 14.9 Å². The largest absolute Gasteiger partial charge is 0.393 e. The summed E-state index contributed by atoms with van der Waals surface area (Å²) in [6, 6.07) is 0. The Morgan fingerprint density at radius 1 is 1.68 bits per heavy atom. The molecule has 0 amide bonds. The first-order valence-corrected chi connectivity index (χ1v) is 5.93. The van der Waals surface area contributed by atoms with Crippen molar-refractivity contribution in [3.8, 4) is 0 Å². The molecule has 0 saturated carbocycles. The minimum absolute atomic E-state index is 0.174. The number of imidazole rings is 1. The number of rotatable bonds is 2. The zero-order valence-corrected chi connectivity index (χ0v) is 10.3. The number of hydrogen-bond donors (Lipinski definition) is 3. The Labute approximate surface area is 107 Å². The maximum Gasteiger partial charge on any atom is 0.294 e. The second-order valence-electron chi connectivity index (χ2n) is 4.87. The Morgan fingerprint density at radius 3 is 3.16 bits per heavy atom.